The second-order valence-corrected chi connectivity index (χ2v) is 5.79. The van der Waals surface area contributed by atoms with Crippen LogP contribution in [0.15, 0.2) is 24.3 Å². The summed E-state index contributed by atoms with van der Waals surface area (Å²) in [6.07, 6.45) is 3.62. The van der Waals surface area contributed by atoms with Crippen LogP contribution in [0.3, 0.4) is 0 Å². The maximum atomic E-state index is 5.94. The summed E-state index contributed by atoms with van der Waals surface area (Å²) in [7, 11) is 1.75. The molecule has 1 aliphatic carbocycles. The lowest BCUT2D eigenvalue weighted by Crippen LogP contribution is -2.34. The average molecular weight is 268 g/mol. The number of rotatable bonds is 7. The molecule has 2 rings (SSSR count). The lowest BCUT2D eigenvalue weighted by Gasteiger charge is -2.20. The zero-order valence-corrected chi connectivity index (χ0v) is 12.0. The number of nitrogens with one attached hydrogen (secondary N) is 1. The Morgan fingerprint density at radius 3 is 2.56 bits per heavy atom. The molecule has 0 radical (unpaired) electrons. The van der Waals surface area contributed by atoms with Crippen LogP contribution in [-0.2, 0) is 10.2 Å². The van der Waals surface area contributed by atoms with Gasteiger partial charge in [0.15, 0.2) is 0 Å². The van der Waals surface area contributed by atoms with Crippen LogP contribution >= 0.6 is 11.6 Å². The molecule has 0 heterocycles. The molecule has 3 heteroatoms. The van der Waals surface area contributed by atoms with Gasteiger partial charge in [0.2, 0.25) is 0 Å². The van der Waals surface area contributed by atoms with Gasteiger partial charge in [-0.2, -0.15) is 0 Å². The van der Waals surface area contributed by atoms with Crippen molar-refractivity contribution in [3.63, 3.8) is 0 Å². The van der Waals surface area contributed by atoms with E-state index in [2.05, 4.69) is 24.4 Å². The highest BCUT2D eigenvalue weighted by Crippen LogP contribution is 2.47. The molecule has 0 spiro atoms. The van der Waals surface area contributed by atoms with E-state index in [1.165, 1.54) is 18.4 Å². The fraction of sp³-hybridized carbons (Fsp3) is 0.600. The van der Waals surface area contributed by atoms with Gasteiger partial charge >= 0.3 is 0 Å². The molecule has 18 heavy (non-hydrogen) atoms. The molecule has 0 aromatic heterocycles. The standard InChI is InChI=1S/C15H22ClNO/c1-12(7-10-18-2)17-11-15(8-9-15)13-3-5-14(16)6-4-13/h3-6,12,17H,7-11H2,1-2H3/t12-/m1/s1. The van der Waals surface area contributed by atoms with Crippen LogP contribution in [-0.4, -0.2) is 26.3 Å². The van der Waals surface area contributed by atoms with Crippen molar-refractivity contribution in [1.82, 2.24) is 5.32 Å². The molecular weight excluding hydrogens is 246 g/mol. The number of methoxy groups -OCH3 is 1. The summed E-state index contributed by atoms with van der Waals surface area (Å²) in [5.41, 5.74) is 1.77. The van der Waals surface area contributed by atoms with Gasteiger partial charge in [0.1, 0.15) is 0 Å². The van der Waals surface area contributed by atoms with E-state index in [1.807, 2.05) is 12.1 Å². The van der Waals surface area contributed by atoms with Crippen LogP contribution < -0.4 is 5.32 Å². The highest BCUT2D eigenvalue weighted by molar-refractivity contribution is 6.30. The second-order valence-electron chi connectivity index (χ2n) is 5.35. The van der Waals surface area contributed by atoms with Crippen molar-refractivity contribution in [1.29, 1.82) is 0 Å². The summed E-state index contributed by atoms with van der Waals surface area (Å²) < 4.78 is 5.10. The Bertz CT molecular complexity index is 373. The van der Waals surface area contributed by atoms with E-state index in [1.54, 1.807) is 7.11 Å². The molecule has 1 N–H and O–H groups in total. The average Bonchev–Trinajstić information content (AvgIpc) is 3.16. The van der Waals surface area contributed by atoms with Crippen molar-refractivity contribution >= 4 is 11.6 Å². The Kier molecular flexibility index (Phi) is 4.66. The van der Waals surface area contributed by atoms with Crippen molar-refractivity contribution < 1.29 is 4.74 Å². The van der Waals surface area contributed by atoms with Gasteiger partial charge in [0, 0.05) is 36.7 Å². The van der Waals surface area contributed by atoms with Crippen LogP contribution in [0.25, 0.3) is 0 Å². The van der Waals surface area contributed by atoms with Gasteiger partial charge in [-0.3, -0.25) is 0 Å². The van der Waals surface area contributed by atoms with Gasteiger partial charge in [0.05, 0.1) is 0 Å². The first-order valence-corrected chi connectivity index (χ1v) is 7.02. The van der Waals surface area contributed by atoms with E-state index < -0.39 is 0 Å². The summed E-state index contributed by atoms with van der Waals surface area (Å²) in [6.45, 7) is 4.10. The molecule has 1 aromatic rings. The van der Waals surface area contributed by atoms with E-state index >= 15 is 0 Å². The van der Waals surface area contributed by atoms with Gasteiger partial charge in [0.25, 0.3) is 0 Å². The number of hydrogen-bond donors (Lipinski definition) is 1. The maximum absolute atomic E-state index is 5.94. The topological polar surface area (TPSA) is 21.3 Å². The Morgan fingerprint density at radius 2 is 2.00 bits per heavy atom. The molecular formula is C15H22ClNO. The van der Waals surface area contributed by atoms with E-state index in [0.29, 0.717) is 11.5 Å². The molecule has 100 valence electrons. The maximum Gasteiger partial charge on any atom is 0.0476 e. The fourth-order valence-corrected chi connectivity index (χ4v) is 2.41. The van der Waals surface area contributed by atoms with E-state index in [-0.39, 0.29) is 0 Å². The van der Waals surface area contributed by atoms with Gasteiger partial charge in [-0.25, -0.2) is 0 Å². The number of halogens is 1. The van der Waals surface area contributed by atoms with Crippen LogP contribution in [0, 0.1) is 0 Å². The molecule has 2 nitrogen and oxygen atoms in total. The lowest BCUT2D eigenvalue weighted by molar-refractivity contribution is 0.184. The predicted molar refractivity (Wildman–Crippen MR) is 76.3 cm³/mol. The summed E-state index contributed by atoms with van der Waals surface area (Å²) in [5.74, 6) is 0. The van der Waals surface area contributed by atoms with Crippen LogP contribution in [0.4, 0.5) is 0 Å². The zero-order chi connectivity index (χ0) is 13.0. The first-order chi connectivity index (χ1) is 8.66. The molecule has 0 amide bonds. The van der Waals surface area contributed by atoms with Gasteiger partial charge in [-0.1, -0.05) is 23.7 Å². The van der Waals surface area contributed by atoms with Crippen LogP contribution in [0.2, 0.25) is 5.02 Å². The second kappa shape index (κ2) is 6.05. The normalized spacial score (nSPS) is 18.6. The third-order valence-corrected chi connectivity index (χ3v) is 4.11. The van der Waals surface area contributed by atoms with Crippen LogP contribution in [0.5, 0.6) is 0 Å². The molecule has 1 saturated carbocycles. The van der Waals surface area contributed by atoms with Crippen LogP contribution in [0.1, 0.15) is 31.7 Å². The Hall–Kier alpha value is -0.570. The van der Waals surface area contributed by atoms with Crippen molar-refractivity contribution in [2.75, 3.05) is 20.3 Å². The minimum atomic E-state index is 0.353. The van der Waals surface area contributed by atoms with Crippen molar-refractivity contribution in [2.45, 2.75) is 37.6 Å². The molecule has 1 atom stereocenters. The minimum Gasteiger partial charge on any atom is -0.385 e. The number of benzene rings is 1. The van der Waals surface area contributed by atoms with E-state index in [0.717, 1.165) is 24.6 Å². The molecule has 1 fully saturated rings. The Labute approximate surface area is 115 Å². The van der Waals surface area contributed by atoms with E-state index in [9.17, 15) is 0 Å². The molecule has 1 aliphatic rings. The third kappa shape index (κ3) is 3.47. The number of hydrogen-bond acceptors (Lipinski definition) is 2. The largest absolute Gasteiger partial charge is 0.385 e. The first-order valence-electron chi connectivity index (χ1n) is 6.65. The third-order valence-electron chi connectivity index (χ3n) is 3.85. The predicted octanol–water partition coefficient (Wildman–Crippen LogP) is 3.39. The van der Waals surface area contributed by atoms with Crippen molar-refractivity contribution in [2.24, 2.45) is 0 Å². The first kappa shape index (κ1) is 13.9. The van der Waals surface area contributed by atoms with Gasteiger partial charge in [-0.15, -0.1) is 0 Å². The number of ether oxygens (including phenoxy) is 1. The highest BCUT2D eigenvalue weighted by Gasteiger charge is 2.43. The Balaban J connectivity index is 1.86. The van der Waals surface area contributed by atoms with E-state index in [4.69, 9.17) is 16.3 Å². The van der Waals surface area contributed by atoms with Crippen molar-refractivity contribution in [3.05, 3.63) is 34.9 Å². The smallest absolute Gasteiger partial charge is 0.0476 e. The van der Waals surface area contributed by atoms with Gasteiger partial charge < -0.3 is 10.1 Å². The highest BCUT2D eigenvalue weighted by atomic mass is 35.5. The lowest BCUT2D eigenvalue weighted by atomic mass is 9.95. The fourth-order valence-electron chi connectivity index (χ4n) is 2.29. The summed E-state index contributed by atoms with van der Waals surface area (Å²) >= 11 is 5.94. The molecule has 1 aromatic carbocycles. The minimum absolute atomic E-state index is 0.353. The zero-order valence-electron chi connectivity index (χ0n) is 11.2. The molecule has 0 bridgehead atoms. The summed E-state index contributed by atoms with van der Waals surface area (Å²) in [5, 5.41) is 4.44. The quantitative estimate of drug-likeness (QED) is 0.818. The van der Waals surface area contributed by atoms with Gasteiger partial charge in [-0.05, 0) is 43.9 Å². The molecule has 0 aliphatic heterocycles. The summed E-state index contributed by atoms with van der Waals surface area (Å²) in [6, 6.07) is 8.82. The SMILES string of the molecule is COCC[C@@H](C)NCC1(c2ccc(Cl)cc2)CC1. The monoisotopic (exact) mass is 267 g/mol. The summed E-state index contributed by atoms with van der Waals surface area (Å²) in [4.78, 5) is 0. The molecule has 0 unspecified atom stereocenters. The van der Waals surface area contributed by atoms with Crippen molar-refractivity contribution in [3.8, 4) is 0 Å². The Morgan fingerprint density at radius 1 is 1.33 bits per heavy atom. The molecule has 0 saturated heterocycles.